The van der Waals surface area contributed by atoms with Crippen LogP contribution >= 0.6 is 58.6 Å². The summed E-state index contributed by atoms with van der Waals surface area (Å²) in [7, 11) is -4.71. The highest BCUT2D eigenvalue weighted by Crippen LogP contribution is 2.37. The predicted octanol–water partition coefficient (Wildman–Crippen LogP) is 3.92. The summed E-state index contributed by atoms with van der Waals surface area (Å²) in [4.78, 5) is 29.7. The molecule has 0 spiro atoms. The van der Waals surface area contributed by atoms with Crippen LogP contribution in [0.1, 0.15) is 10.5 Å². The number of hydrogen-bond acceptors (Lipinski definition) is 4. The highest BCUT2D eigenvalue weighted by atomic mass is 79.9. The Balaban J connectivity index is 2.22. The highest BCUT2D eigenvalue weighted by molar-refractivity contribution is 9.10. The van der Waals surface area contributed by atoms with Gasteiger partial charge in [-0.3, -0.25) is 9.32 Å². The minimum Gasteiger partial charge on any atom is -0.319 e. The van der Waals surface area contributed by atoms with E-state index in [4.69, 9.17) is 44.6 Å². The van der Waals surface area contributed by atoms with Crippen molar-refractivity contribution in [3.8, 4) is 0 Å². The number of nitrogens with one attached hydrogen (secondary N) is 1. The summed E-state index contributed by atoms with van der Waals surface area (Å²) in [6, 6.07) is 4.50. The molecule has 0 bridgehead atoms. The maximum Gasteiger partial charge on any atom is 0.471 e. The molecule has 13 heteroatoms. The van der Waals surface area contributed by atoms with Crippen molar-refractivity contribution in [3.63, 3.8) is 0 Å². The van der Waals surface area contributed by atoms with E-state index in [0.717, 1.165) is 4.68 Å². The Labute approximate surface area is 159 Å². The summed E-state index contributed by atoms with van der Waals surface area (Å²) in [5.74, 6) is -0.650. The fraction of sp³-hybridized carbons (Fsp3) is 0.0909. The van der Waals surface area contributed by atoms with Crippen molar-refractivity contribution in [2.45, 2.75) is 6.73 Å². The first-order chi connectivity index (χ1) is 11.1. The Hall–Kier alpha value is -0.640. The monoisotopic (exact) mass is 477 g/mol. The van der Waals surface area contributed by atoms with Crippen LogP contribution in [0, 0.1) is 0 Å². The van der Waals surface area contributed by atoms with E-state index in [-0.39, 0.29) is 20.3 Å². The van der Waals surface area contributed by atoms with E-state index in [1.54, 1.807) is 0 Å². The topological polar surface area (TPSA) is 114 Å². The molecule has 1 heterocycles. The normalized spacial score (nSPS) is 11.6. The molecule has 3 N–H and O–H groups in total. The first-order valence-corrected chi connectivity index (χ1v) is 9.42. The molecule has 24 heavy (non-hydrogen) atoms. The van der Waals surface area contributed by atoms with Crippen LogP contribution in [-0.4, -0.2) is 25.5 Å². The van der Waals surface area contributed by atoms with Crippen molar-refractivity contribution in [2.24, 2.45) is 0 Å². The van der Waals surface area contributed by atoms with Gasteiger partial charge in [-0.15, -0.1) is 0 Å². The number of hydrogen-bond donors (Lipinski definition) is 3. The molecule has 130 valence electrons. The molecule has 0 unspecified atom stereocenters. The number of phosphoric acid groups is 1. The van der Waals surface area contributed by atoms with Crippen LogP contribution in [0.15, 0.2) is 22.7 Å². The van der Waals surface area contributed by atoms with Crippen LogP contribution in [0.2, 0.25) is 15.2 Å². The van der Waals surface area contributed by atoms with E-state index < -0.39 is 20.5 Å². The van der Waals surface area contributed by atoms with Crippen molar-refractivity contribution < 1.29 is 23.7 Å². The first kappa shape index (κ1) is 19.7. The van der Waals surface area contributed by atoms with E-state index in [9.17, 15) is 9.36 Å². The number of nitrogens with zero attached hydrogens (tertiary/aromatic N) is 2. The van der Waals surface area contributed by atoms with E-state index in [1.807, 2.05) is 0 Å². The summed E-state index contributed by atoms with van der Waals surface area (Å²) in [5.41, 5.74) is 0.176. The highest BCUT2D eigenvalue weighted by Gasteiger charge is 2.23. The van der Waals surface area contributed by atoms with Crippen molar-refractivity contribution in [3.05, 3.63) is 43.6 Å². The molecule has 2 rings (SSSR count). The number of carbonyl (C=O) groups is 1. The fourth-order valence-corrected chi connectivity index (χ4v) is 2.91. The van der Waals surface area contributed by atoms with Gasteiger partial charge in [-0.2, -0.15) is 5.10 Å². The minimum absolute atomic E-state index is 0.0733. The van der Waals surface area contributed by atoms with Crippen LogP contribution in [0.4, 0.5) is 5.69 Å². The lowest BCUT2D eigenvalue weighted by Crippen LogP contribution is -2.14. The van der Waals surface area contributed by atoms with E-state index in [2.05, 4.69) is 30.9 Å². The molecule has 0 radical (unpaired) electrons. The number of rotatable bonds is 5. The van der Waals surface area contributed by atoms with Crippen molar-refractivity contribution in [1.82, 2.24) is 9.78 Å². The zero-order chi connectivity index (χ0) is 18.1. The van der Waals surface area contributed by atoms with Gasteiger partial charge < -0.3 is 15.1 Å². The second-order valence-corrected chi connectivity index (χ2v) is 7.51. The van der Waals surface area contributed by atoms with Gasteiger partial charge >= 0.3 is 7.82 Å². The van der Waals surface area contributed by atoms with Gasteiger partial charge in [0.1, 0.15) is 5.15 Å². The van der Waals surface area contributed by atoms with Gasteiger partial charge in [-0.05, 0) is 34.1 Å². The fourth-order valence-electron chi connectivity index (χ4n) is 1.55. The molecule has 0 aliphatic heterocycles. The summed E-state index contributed by atoms with van der Waals surface area (Å²) < 4.78 is 16.0. The van der Waals surface area contributed by atoms with Gasteiger partial charge in [0.25, 0.3) is 5.91 Å². The quantitative estimate of drug-likeness (QED) is 0.560. The Morgan fingerprint density at radius 2 is 2.04 bits per heavy atom. The van der Waals surface area contributed by atoms with E-state index in [0.29, 0.717) is 10.7 Å². The molecule has 1 amide bonds. The van der Waals surface area contributed by atoms with E-state index >= 15 is 0 Å². The van der Waals surface area contributed by atoms with Crippen molar-refractivity contribution in [1.29, 1.82) is 0 Å². The van der Waals surface area contributed by atoms with Crippen LogP contribution in [0.3, 0.4) is 0 Å². The second kappa shape index (κ2) is 7.72. The summed E-state index contributed by atoms with van der Waals surface area (Å²) in [6.07, 6.45) is 0. The Morgan fingerprint density at radius 3 is 2.62 bits per heavy atom. The van der Waals surface area contributed by atoms with Gasteiger partial charge in [0.05, 0.1) is 15.2 Å². The average Bonchev–Trinajstić information content (AvgIpc) is 2.75. The Bertz CT molecular complexity index is 841. The zero-order valence-corrected chi connectivity index (χ0v) is 16.2. The Morgan fingerprint density at radius 1 is 1.38 bits per heavy atom. The molecule has 8 nitrogen and oxygen atoms in total. The molecule has 0 aliphatic carbocycles. The molecular formula is C11H8BrCl3N3O5P. The lowest BCUT2D eigenvalue weighted by molar-refractivity contribution is 0.101. The van der Waals surface area contributed by atoms with Gasteiger partial charge in [0, 0.05) is 5.02 Å². The molecule has 0 atom stereocenters. The number of benzene rings is 1. The molecule has 0 aliphatic rings. The largest absolute Gasteiger partial charge is 0.471 e. The SMILES string of the molecule is O=C(Nc1ccc(Cl)cc1Cl)c1nn(COP(=O)(O)O)c(Cl)c1Br. The lowest BCUT2D eigenvalue weighted by Gasteiger charge is -2.06. The number of anilines is 1. The molecule has 1 aromatic carbocycles. The number of phosphoric ester groups is 1. The van der Waals surface area contributed by atoms with Gasteiger partial charge in [0.2, 0.25) is 0 Å². The van der Waals surface area contributed by atoms with E-state index in [1.165, 1.54) is 18.2 Å². The first-order valence-electron chi connectivity index (χ1n) is 5.97. The third kappa shape index (κ3) is 4.93. The average molecular weight is 479 g/mol. The van der Waals surface area contributed by atoms with Crippen molar-refractivity contribution >= 4 is 70.2 Å². The Kier molecular flexibility index (Phi) is 6.33. The molecule has 0 fully saturated rings. The van der Waals surface area contributed by atoms with Gasteiger partial charge in [0.15, 0.2) is 12.4 Å². The number of carbonyl (C=O) groups excluding carboxylic acids is 1. The smallest absolute Gasteiger partial charge is 0.319 e. The molecule has 0 saturated heterocycles. The summed E-state index contributed by atoms with van der Waals surface area (Å²) in [6.45, 7) is -0.642. The van der Waals surface area contributed by atoms with Crippen molar-refractivity contribution in [2.75, 3.05) is 5.32 Å². The summed E-state index contributed by atoms with van der Waals surface area (Å²) in [5, 5.41) is 6.92. The zero-order valence-electron chi connectivity index (χ0n) is 11.4. The molecular weight excluding hydrogens is 471 g/mol. The summed E-state index contributed by atoms with van der Waals surface area (Å²) >= 11 is 20.8. The maximum absolute atomic E-state index is 12.3. The predicted molar refractivity (Wildman–Crippen MR) is 92.5 cm³/mol. The third-order valence-corrected chi connectivity index (χ3v) is 4.94. The van der Waals surface area contributed by atoms with Crippen LogP contribution in [0.25, 0.3) is 0 Å². The number of amides is 1. The second-order valence-electron chi connectivity index (χ2n) is 4.28. The number of halogens is 4. The minimum atomic E-state index is -4.71. The number of aromatic nitrogens is 2. The third-order valence-electron chi connectivity index (χ3n) is 2.58. The van der Waals surface area contributed by atoms with Gasteiger partial charge in [-0.25, -0.2) is 9.25 Å². The molecule has 1 aromatic heterocycles. The van der Waals surface area contributed by atoms with Crippen LogP contribution < -0.4 is 5.32 Å². The molecule has 2 aromatic rings. The van der Waals surface area contributed by atoms with Gasteiger partial charge in [-0.1, -0.05) is 34.8 Å². The lowest BCUT2D eigenvalue weighted by atomic mass is 10.3. The standard InChI is InChI=1S/C11H8BrCl3N3O5P/c12-8-9(17-18(10(8)15)4-23-24(20,21)22)11(19)16-7-2-1-5(13)3-6(7)14/h1-3H,4H2,(H,16,19)(H2,20,21,22). The molecule has 0 saturated carbocycles. The maximum atomic E-state index is 12.3. The van der Waals surface area contributed by atoms with Crippen LogP contribution in [-0.2, 0) is 15.8 Å². The van der Waals surface area contributed by atoms with Crippen LogP contribution in [0.5, 0.6) is 0 Å².